The molecule has 77 heavy (non-hydrogen) atoms. The zero-order valence-electron chi connectivity index (χ0n) is 41.9. The van der Waals surface area contributed by atoms with Gasteiger partial charge in [0.25, 0.3) is 6.71 Å². The quantitative estimate of drug-likeness (QED) is 0.155. The van der Waals surface area contributed by atoms with Crippen molar-refractivity contribution in [2.75, 3.05) is 4.90 Å². The summed E-state index contributed by atoms with van der Waals surface area (Å²) in [6.07, 6.45) is 0. The number of fused-ring (bicyclic) bond motifs is 13. The minimum absolute atomic E-state index is 0.108. The van der Waals surface area contributed by atoms with Gasteiger partial charge < -0.3 is 13.9 Å². The minimum Gasteiger partial charge on any atom is -0.456 e. The molecule has 4 heteroatoms. The first-order valence-electron chi connectivity index (χ1n) is 26.8. The Morgan fingerprint density at radius 1 is 0.325 bits per heavy atom. The van der Waals surface area contributed by atoms with Crippen LogP contribution in [0, 0.1) is 0 Å². The van der Waals surface area contributed by atoms with Crippen LogP contribution in [0.25, 0.3) is 93.9 Å². The van der Waals surface area contributed by atoms with Gasteiger partial charge in [0, 0.05) is 49.7 Å². The predicted molar refractivity (Wildman–Crippen MR) is 321 cm³/mol. The smallest absolute Gasteiger partial charge is 0.252 e. The number of para-hydroxylation sites is 3. The molecule has 1 aliphatic carbocycles. The largest absolute Gasteiger partial charge is 0.456 e. The zero-order chi connectivity index (χ0) is 50.3. The molecule has 0 saturated carbocycles. The van der Waals surface area contributed by atoms with Crippen LogP contribution in [0.4, 0.5) is 17.1 Å². The predicted octanol–water partition coefficient (Wildman–Crippen LogP) is 16.7. The molecule has 0 amide bonds. The van der Waals surface area contributed by atoms with Crippen LogP contribution in [-0.4, -0.2) is 11.3 Å². The maximum absolute atomic E-state index is 6.85. The van der Waals surface area contributed by atoms with Gasteiger partial charge >= 0.3 is 0 Å². The lowest BCUT2D eigenvalue weighted by atomic mass is 9.33. The van der Waals surface area contributed by atoms with Gasteiger partial charge in [0.05, 0.1) is 16.6 Å². The van der Waals surface area contributed by atoms with E-state index >= 15 is 0 Å². The van der Waals surface area contributed by atoms with Crippen molar-refractivity contribution in [3.63, 3.8) is 0 Å². The molecule has 3 nitrogen and oxygen atoms in total. The Morgan fingerprint density at radius 2 is 0.935 bits per heavy atom. The molecule has 3 aliphatic rings. The van der Waals surface area contributed by atoms with Crippen molar-refractivity contribution < 1.29 is 4.42 Å². The Bertz CT molecular complexity index is 4710. The maximum atomic E-state index is 6.85. The summed E-state index contributed by atoms with van der Waals surface area (Å²) in [7, 11) is 0. The summed E-state index contributed by atoms with van der Waals surface area (Å²) < 4.78 is 9.49. The van der Waals surface area contributed by atoms with Gasteiger partial charge in [-0.05, 0) is 132 Å². The number of hydrogen-bond acceptors (Lipinski definition) is 2. The summed E-state index contributed by atoms with van der Waals surface area (Å²) in [5.41, 5.74) is 26.8. The molecule has 0 fully saturated rings. The number of anilines is 3. The number of rotatable bonds is 6. The normalized spacial score (nSPS) is 13.5. The van der Waals surface area contributed by atoms with Crippen molar-refractivity contribution in [1.82, 2.24) is 4.57 Å². The van der Waals surface area contributed by atoms with Gasteiger partial charge in [0.2, 0.25) is 0 Å². The number of benzene rings is 12. The molecule has 0 unspecified atom stereocenters. The first-order chi connectivity index (χ1) is 38.2. The number of nitrogens with zero attached hydrogens (tertiary/aromatic N) is 2. The lowest BCUT2D eigenvalue weighted by molar-refractivity contribution is 0.669. The fourth-order valence-electron chi connectivity index (χ4n) is 14.1. The van der Waals surface area contributed by atoms with E-state index in [1.54, 1.807) is 0 Å². The average molecular weight is 977 g/mol. The molecule has 17 rings (SSSR count). The van der Waals surface area contributed by atoms with E-state index < -0.39 is 5.41 Å². The van der Waals surface area contributed by atoms with E-state index in [1.165, 1.54) is 99.6 Å². The van der Waals surface area contributed by atoms with E-state index in [-0.39, 0.29) is 6.71 Å². The Hall–Kier alpha value is -9.90. The molecule has 2 aliphatic heterocycles. The molecule has 14 aromatic rings. The van der Waals surface area contributed by atoms with Crippen LogP contribution in [0.5, 0.6) is 0 Å². The van der Waals surface area contributed by atoms with Crippen molar-refractivity contribution in [2.45, 2.75) is 5.41 Å². The van der Waals surface area contributed by atoms with Gasteiger partial charge in [-0.25, -0.2) is 0 Å². The fraction of sp³-hybridized carbons (Fsp3) is 0.0137. The molecule has 0 bridgehead atoms. The third-order valence-corrected chi connectivity index (χ3v) is 17.2. The van der Waals surface area contributed by atoms with Gasteiger partial charge in [0.15, 0.2) is 0 Å². The van der Waals surface area contributed by atoms with Crippen LogP contribution in [-0.2, 0) is 5.41 Å². The first-order valence-corrected chi connectivity index (χ1v) is 26.8. The number of furan rings is 1. The Kier molecular flexibility index (Phi) is 8.85. The van der Waals surface area contributed by atoms with Crippen LogP contribution in [0.2, 0.25) is 0 Å². The summed E-state index contributed by atoms with van der Waals surface area (Å²) in [4.78, 5) is 2.59. The van der Waals surface area contributed by atoms with E-state index in [4.69, 9.17) is 4.42 Å². The second-order valence-electron chi connectivity index (χ2n) is 21.1. The van der Waals surface area contributed by atoms with Gasteiger partial charge in [-0.3, -0.25) is 0 Å². The summed E-state index contributed by atoms with van der Waals surface area (Å²) in [6, 6.07) is 102. The summed E-state index contributed by atoms with van der Waals surface area (Å²) in [5.74, 6) is 0. The van der Waals surface area contributed by atoms with Gasteiger partial charge in [0.1, 0.15) is 11.2 Å². The Labute approximate surface area is 446 Å². The second-order valence-corrected chi connectivity index (χ2v) is 21.1. The topological polar surface area (TPSA) is 21.3 Å². The maximum Gasteiger partial charge on any atom is 0.252 e. The third-order valence-electron chi connectivity index (χ3n) is 17.2. The highest BCUT2D eigenvalue weighted by molar-refractivity contribution is 7.00. The summed E-state index contributed by atoms with van der Waals surface area (Å²) in [6.45, 7) is -0.108. The van der Waals surface area contributed by atoms with E-state index in [2.05, 4.69) is 282 Å². The summed E-state index contributed by atoms with van der Waals surface area (Å²) >= 11 is 0. The average Bonchev–Trinajstić information content (AvgIpc) is 4.34. The molecule has 0 radical (unpaired) electrons. The molecule has 356 valence electrons. The molecular formula is C73H45BN2O. The Balaban J connectivity index is 1.01. The van der Waals surface area contributed by atoms with Crippen molar-refractivity contribution in [1.29, 1.82) is 0 Å². The molecular weight excluding hydrogens is 932 g/mol. The zero-order valence-corrected chi connectivity index (χ0v) is 41.9. The van der Waals surface area contributed by atoms with Gasteiger partial charge in [-0.2, -0.15) is 0 Å². The fourth-order valence-corrected chi connectivity index (χ4v) is 14.1. The van der Waals surface area contributed by atoms with E-state index in [0.717, 1.165) is 50.0 Å². The number of hydrogen-bond donors (Lipinski definition) is 0. The second kappa shape index (κ2) is 16.1. The molecule has 0 spiro atoms. The minimum atomic E-state index is -0.556. The molecule has 4 heterocycles. The monoisotopic (exact) mass is 976 g/mol. The van der Waals surface area contributed by atoms with Crippen LogP contribution in [0.3, 0.4) is 0 Å². The number of aromatic nitrogens is 1. The van der Waals surface area contributed by atoms with E-state index in [0.29, 0.717) is 0 Å². The molecule has 2 aromatic heterocycles. The third kappa shape index (κ3) is 5.87. The van der Waals surface area contributed by atoms with Crippen LogP contribution >= 0.6 is 0 Å². The molecule has 0 N–H and O–H groups in total. The van der Waals surface area contributed by atoms with Crippen molar-refractivity contribution in [3.8, 4) is 50.2 Å². The van der Waals surface area contributed by atoms with E-state index in [1.807, 2.05) is 0 Å². The lowest BCUT2D eigenvalue weighted by Gasteiger charge is -2.41. The molecule has 12 aromatic carbocycles. The van der Waals surface area contributed by atoms with Crippen LogP contribution in [0.15, 0.2) is 277 Å². The lowest BCUT2D eigenvalue weighted by Crippen LogP contribution is -2.60. The highest BCUT2D eigenvalue weighted by Gasteiger charge is 2.48. The standard InChI is InChI=1S/C73H45BN2O/c1-5-21-46(22-6-1)48-25-19-26-49(39-48)53-31-14-17-37-64(53)75-66-43-59-55-33-15-18-38-69(55)77-70(59)45-63(66)74-62-36-20-34-56-58-42-57-54-32-13-16-35-60(54)73(51-27-9-3-10-28-51,52-29-11-4-12-30-52)61(57)44-65(58)76(72(56)62)68-41-50(40-67(75)71(68)74)47-23-7-2-8-24-47/h1-45H. The SMILES string of the molecule is c1ccc(-c2cccc(-c3ccccc3N3c4cc5c(cc4B4c6c3cc(-c3ccccc3)cc6-n3c6cc7c(cc6c6cccc4c63)-c3ccccc3C7(c3ccccc3)c3ccccc3)oc3ccccc35)c2)cc1. The van der Waals surface area contributed by atoms with Crippen molar-refractivity contribution >= 4 is 83.9 Å². The van der Waals surface area contributed by atoms with Crippen LogP contribution < -0.4 is 21.3 Å². The highest BCUT2D eigenvalue weighted by atomic mass is 16.3. The highest BCUT2D eigenvalue weighted by Crippen LogP contribution is 2.58. The Morgan fingerprint density at radius 3 is 1.71 bits per heavy atom. The summed E-state index contributed by atoms with van der Waals surface area (Å²) in [5, 5.41) is 4.72. The van der Waals surface area contributed by atoms with Gasteiger partial charge in [-0.15, -0.1) is 0 Å². The first kappa shape index (κ1) is 42.5. The van der Waals surface area contributed by atoms with Crippen LogP contribution in [0.1, 0.15) is 22.3 Å². The van der Waals surface area contributed by atoms with Crippen molar-refractivity contribution in [2.24, 2.45) is 0 Å². The van der Waals surface area contributed by atoms with E-state index in [9.17, 15) is 0 Å². The molecule has 0 saturated heterocycles. The molecule has 0 atom stereocenters. The van der Waals surface area contributed by atoms with Gasteiger partial charge in [-0.1, -0.05) is 218 Å². The van der Waals surface area contributed by atoms with Crippen molar-refractivity contribution in [3.05, 3.63) is 295 Å².